The van der Waals surface area contributed by atoms with Crippen LogP contribution in [0, 0.1) is 0 Å². The summed E-state index contributed by atoms with van der Waals surface area (Å²) in [7, 11) is 0. The Morgan fingerprint density at radius 3 is 2.61 bits per heavy atom. The van der Waals surface area contributed by atoms with Crippen LogP contribution in [0.15, 0.2) is 59.5 Å². The second-order valence-electron chi connectivity index (χ2n) is 5.10. The summed E-state index contributed by atoms with van der Waals surface area (Å²) >= 11 is 1.56. The van der Waals surface area contributed by atoms with Crippen molar-refractivity contribution in [2.45, 2.75) is 24.7 Å². The second kappa shape index (κ2) is 9.95. The number of nitrogens with one attached hydrogen (secondary N) is 1. The van der Waals surface area contributed by atoms with E-state index in [0.29, 0.717) is 18.9 Å². The number of rotatable bonds is 9. The zero-order chi connectivity index (χ0) is 16.3. The fraction of sp³-hybridized carbons (Fsp3) is 0.316. The molecule has 0 bridgehead atoms. The van der Waals surface area contributed by atoms with Gasteiger partial charge in [-0.1, -0.05) is 36.4 Å². The highest BCUT2D eigenvalue weighted by atomic mass is 32.2. The predicted molar refractivity (Wildman–Crippen MR) is 96.1 cm³/mol. The molecule has 1 amide bonds. The van der Waals surface area contributed by atoms with Crippen molar-refractivity contribution in [3.05, 3.63) is 60.2 Å². The summed E-state index contributed by atoms with van der Waals surface area (Å²) in [4.78, 5) is 13.0. The van der Waals surface area contributed by atoms with E-state index in [1.54, 1.807) is 11.8 Å². The Morgan fingerprint density at radius 2 is 1.83 bits per heavy atom. The molecule has 0 aliphatic carbocycles. The van der Waals surface area contributed by atoms with Crippen LogP contribution < -0.4 is 10.1 Å². The normalized spacial score (nSPS) is 10.3. The van der Waals surface area contributed by atoms with Gasteiger partial charge in [0.1, 0.15) is 5.75 Å². The van der Waals surface area contributed by atoms with E-state index in [1.807, 2.05) is 55.5 Å². The summed E-state index contributed by atoms with van der Waals surface area (Å²) in [6.45, 7) is 3.35. The largest absolute Gasteiger partial charge is 0.494 e. The molecule has 2 aromatic rings. The van der Waals surface area contributed by atoms with Gasteiger partial charge < -0.3 is 10.1 Å². The fourth-order valence-electron chi connectivity index (χ4n) is 2.23. The van der Waals surface area contributed by atoms with Crippen LogP contribution in [0.3, 0.4) is 0 Å². The molecule has 0 spiro atoms. The molecule has 122 valence electrons. The number of carbonyl (C=O) groups excluding carboxylic acids is 1. The quantitative estimate of drug-likeness (QED) is 0.560. The van der Waals surface area contributed by atoms with E-state index in [9.17, 15) is 4.79 Å². The van der Waals surface area contributed by atoms with Gasteiger partial charge in [0.15, 0.2) is 0 Å². The minimum atomic E-state index is 0.0805. The van der Waals surface area contributed by atoms with Gasteiger partial charge in [-0.15, -0.1) is 11.8 Å². The van der Waals surface area contributed by atoms with E-state index < -0.39 is 0 Å². The van der Waals surface area contributed by atoms with Crippen molar-refractivity contribution < 1.29 is 9.53 Å². The first kappa shape index (κ1) is 17.4. The molecule has 4 heteroatoms. The number of benzene rings is 2. The monoisotopic (exact) mass is 329 g/mol. The maximum Gasteiger partial charge on any atom is 0.230 e. The van der Waals surface area contributed by atoms with Gasteiger partial charge in [0.25, 0.3) is 0 Å². The summed E-state index contributed by atoms with van der Waals surface area (Å²) in [6, 6.07) is 18.1. The lowest BCUT2D eigenvalue weighted by Crippen LogP contribution is -2.26. The predicted octanol–water partition coefficient (Wildman–Crippen LogP) is 3.93. The maximum atomic E-state index is 11.8. The molecule has 0 unspecified atom stereocenters. The molecule has 0 radical (unpaired) electrons. The van der Waals surface area contributed by atoms with Crippen molar-refractivity contribution in [3.63, 3.8) is 0 Å². The van der Waals surface area contributed by atoms with Crippen LogP contribution in [-0.4, -0.2) is 24.8 Å². The molecule has 0 saturated carbocycles. The molecular formula is C19H23NO2S. The first-order valence-electron chi connectivity index (χ1n) is 7.95. The van der Waals surface area contributed by atoms with E-state index in [4.69, 9.17) is 4.74 Å². The molecular weight excluding hydrogens is 306 g/mol. The van der Waals surface area contributed by atoms with Crippen molar-refractivity contribution in [3.8, 4) is 5.75 Å². The van der Waals surface area contributed by atoms with Crippen molar-refractivity contribution in [2.24, 2.45) is 0 Å². The third-order valence-electron chi connectivity index (χ3n) is 3.33. The first-order valence-corrected chi connectivity index (χ1v) is 8.93. The molecule has 0 heterocycles. The van der Waals surface area contributed by atoms with E-state index in [0.717, 1.165) is 23.5 Å². The Bertz CT molecular complexity index is 601. The lowest BCUT2D eigenvalue weighted by molar-refractivity contribution is -0.118. The number of carbonyl (C=O) groups is 1. The Balaban J connectivity index is 1.66. The lowest BCUT2D eigenvalue weighted by Gasteiger charge is -2.10. The number of para-hydroxylation sites is 1. The van der Waals surface area contributed by atoms with Gasteiger partial charge in [-0.2, -0.15) is 0 Å². The highest BCUT2D eigenvalue weighted by Gasteiger charge is 2.04. The van der Waals surface area contributed by atoms with E-state index >= 15 is 0 Å². The summed E-state index contributed by atoms with van der Waals surface area (Å²) < 4.78 is 5.61. The Morgan fingerprint density at radius 1 is 1.09 bits per heavy atom. The van der Waals surface area contributed by atoms with Gasteiger partial charge in [-0.3, -0.25) is 4.79 Å². The molecule has 0 fully saturated rings. The van der Waals surface area contributed by atoms with Gasteiger partial charge >= 0.3 is 0 Å². The standard InChI is InChI=1S/C19H23NO2S/c1-2-22-18-13-7-6-9-16(18)10-8-14-20-19(21)15-23-17-11-4-3-5-12-17/h3-7,9,11-13H,2,8,10,14-15H2,1H3,(H,20,21). The van der Waals surface area contributed by atoms with E-state index in [2.05, 4.69) is 11.4 Å². The van der Waals surface area contributed by atoms with Crippen molar-refractivity contribution in [1.82, 2.24) is 5.32 Å². The summed E-state index contributed by atoms with van der Waals surface area (Å²) in [5.74, 6) is 1.48. The summed E-state index contributed by atoms with van der Waals surface area (Å²) in [5.41, 5.74) is 1.20. The first-order chi connectivity index (χ1) is 11.3. The molecule has 2 rings (SSSR count). The van der Waals surface area contributed by atoms with Crippen LogP contribution in [0.5, 0.6) is 5.75 Å². The van der Waals surface area contributed by atoms with E-state index in [-0.39, 0.29) is 5.91 Å². The molecule has 0 aromatic heterocycles. The van der Waals surface area contributed by atoms with Crippen molar-refractivity contribution in [2.75, 3.05) is 18.9 Å². The van der Waals surface area contributed by atoms with Crippen LogP contribution in [0.25, 0.3) is 0 Å². The molecule has 0 aliphatic heterocycles. The number of ether oxygens (including phenoxy) is 1. The summed E-state index contributed by atoms with van der Waals surface area (Å²) in [5, 5.41) is 2.97. The smallest absolute Gasteiger partial charge is 0.230 e. The molecule has 0 atom stereocenters. The van der Waals surface area contributed by atoms with Crippen molar-refractivity contribution >= 4 is 17.7 Å². The zero-order valence-electron chi connectivity index (χ0n) is 13.5. The molecule has 23 heavy (non-hydrogen) atoms. The Labute approximate surface area is 142 Å². The highest BCUT2D eigenvalue weighted by Crippen LogP contribution is 2.19. The number of hydrogen-bond donors (Lipinski definition) is 1. The van der Waals surface area contributed by atoms with Crippen LogP contribution in [0.1, 0.15) is 18.9 Å². The number of hydrogen-bond acceptors (Lipinski definition) is 3. The number of thioether (sulfide) groups is 1. The van der Waals surface area contributed by atoms with Gasteiger partial charge in [0.2, 0.25) is 5.91 Å². The van der Waals surface area contributed by atoms with Gasteiger partial charge in [-0.05, 0) is 43.5 Å². The van der Waals surface area contributed by atoms with Crippen LogP contribution in [-0.2, 0) is 11.2 Å². The van der Waals surface area contributed by atoms with Gasteiger partial charge in [0.05, 0.1) is 12.4 Å². The van der Waals surface area contributed by atoms with Gasteiger partial charge in [0, 0.05) is 11.4 Å². The third-order valence-corrected chi connectivity index (χ3v) is 4.34. The minimum Gasteiger partial charge on any atom is -0.494 e. The molecule has 0 saturated heterocycles. The minimum absolute atomic E-state index is 0.0805. The Hall–Kier alpha value is -1.94. The molecule has 1 N–H and O–H groups in total. The molecule has 3 nitrogen and oxygen atoms in total. The van der Waals surface area contributed by atoms with Crippen LogP contribution in [0.2, 0.25) is 0 Å². The number of aryl methyl sites for hydroxylation is 1. The average molecular weight is 329 g/mol. The number of amides is 1. The topological polar surface area (TPSA) is 38.3 Å². The molecule has 2 aromatic carbocycles. The van der Waals surface area contributed by atoms with Crippen molar-refractivity contribution in [1.29, 1.82) is 0 Å². The average Bonchev–Trinajstić information content (AvgIpc) is 2.59. The van der Waals surface area contributed by atoms with Gasteiger partial charge in [-0.25, -0.2) is 0 Å². The third kappa shape index (κ3) is 6.37. The lowest BCUT2D eigenvalue weighted by atomic mass is 10.1. The fourth-order valence-corrected chi connectivity index (χ4v) is 2.98. The highest BCUT2D eigenvalue weighted by molar-refractivity contribution is 8.00. The maximum absolute atomic E-state index is 11.8. The SMILES string of the molecule is CCOc1ccccc1CCCNC(=O)CSc1ccccc1. The molecule has 0 aliphatic rings. The van der Waals surface area contributed by atoms with Crippen LogP contribution >= 0.6 is 11.8 Å². The zero-order valence-corrected chi connectivity index (χ0v) is 14.3. The second-order valence-corrected chi connectivity index (χ2v) is 6.14. The van der Waals surface area contributed by atoms with Crippen LogP contribution in [0.4, 0.5) is 0 Å². The summed E-state index contributed by atoms with van der Waals surface area (Å²) in [6.07, 6.45) is 1.81. The Kier molecular flexibility index (Phi) is 7.54. The van der Waals surface area contributed by atoms with E-state index in [1.165, 1.54) is 5.56 Å².